The topological polar surface area (TPSA) is 82.2 Å². The van der Waals surface area contributed by atoms with E-state index >= 15 is 0 Å². The van der Waals surface area contributed by atoms with E-state index in [1.54, 1.807) is 11.0 Å². The molecule has 3 amide bonds. The molecule has 38 heavy (non-hydrogen) atoms. The Balaban J connectivity index is 1.21. The summed E-state index contributed by atoms with van der Waals surface area (Å²) < 4.78 is 6.18. The predicted molar refractivity (Wildman–Crippen MR) is 152 cm³/mol. The Bertz CT molecular complexity index is 1180. The van der Waals surface area contributed by atoms with Crippen molar-refractivity contribution in [3.05, 3.63) is 45.2 Å². The van der Waals surface area contributed by atoms with E-state index in [0.717, 1.165) is 54.1 Å². The predicted octanol–water partition coefficient (Wildman–Crippen LogP) is 5.19. The summed E-state index contributed by atoms with van der Waals surface area (Å²) in [5.74, 6) is 0.0243. The number of carbonyl (C=O) groups excluding carboxylic acids is 3. The molecule has 2 atom stereocenters. The highest BCUT2D eigenvalue weighted by Crippen LogP contribution is 2.30. The van der Waals surface area contributed by atoms with Crippen LogP contribution in [0, 0.1) is 6.92 Å². The number of nitrogens with zero attached hydrogens (tertiary/aromatic N) is 3. The van der Waals surface area contributed by atoms with Crippen LogP contribution in [0.2, 0.25) is 0 Å². The number of anilines is 1. The lowest BCUT2D eigenvalue weighted by Crippen LogP contribution is -2.50. The van der Waals surface area contributed by atoms with Crippen LogP contribution < -0.4 is 15.0 Å². The van der Waals surface area contributed by atoms with Gasteiger partial charge in [0.2, 0.25) is 5.91 Å². The molecule has 3 aliphatic rings. The SMILES string of the molecule is Cc1cc(N2CC(NC(=O)Oc3ccc(Br)s3)CC2=O)ccc1C(=O)N1CCCCC1CN1CCCCC1. The van der Waals surface area contributed by atoms with E-state index in [0.29, 0.717) is 17.2 Å². The van der Waals surface area contributed by atoms with Crippen molar-refractivity contribution in [3.63, 3.8) is 0 Å². The van der Waals surface area contributed by atoms with Crippen molar-refractivity contribution >= 4 is 50.9 Å². The molecule has 0 spiro atoms. The molecular formula is C28H35BrN4O4S. The highest BCUT2D eigenvalue weighted by molar-refractivity contribution is 9.11. The molecule has 2 aromatic rings. The Morgan fingerprint density at radius 3 is 2.61 bits per heavy atom. The molecule has 0 aliphatic carbocycles. The minimum Gasteiger partial charge on any atom is -0.399 e. The zero-order chi connectivity index (χ0) is 26.6. The third-order valence-corrected chi connectivity index (χ3v) is 9.25. The maximum Gasteiger partial charge on any atom is 0.413 e. The average molecular weight is 604 g/mol. The van der Waals surface area contributed by atoms with Crippen LogP contribution in [0.15, 0.2) is 34.1 Å². The zero-order valence-electron chi connectivity index (χ0n) is 21.8. The maximum absolute atomic E-state index is 13.7. The first kappa shape index (κ1) is 27.1. The minimum atomic E-state index is -0.572. The number of hydrogen-bond acceptors (Lipinski definition) is 6. The van der Waals surface area contributed by atoms with Gasteiger partial charge in [-0.05, 0) is 104 Å². The van der Waals surface area contributed by atoms with Gasteiger partial charge in [-0.1, -0.05) is 17.8 Å². The number of piperidine rings is 2. The average Bonchev–Trinajstić information content (AvgIpc) is 3.48. The lowest BCUT2D eigenvalue weighted by Gasteiger charge is -2.40. The normalized spacial score (nSPS) is 22.5. The Morgan fingerprint density at radius 2 is 1.87 bits per heavy atom. The lowest BCUT2D eigenvalue weighted by atomic mass is 9.98. The van der Waals surface area contributed by atoms with Crippen molar-refractivity contribution in [2.45, 2.75) is 64.0 Å². The molecule has 1 N–H and O–H groups in total. The molecule has 5 rings (SSSR count). The standard InChI is InChI=1S/C28H35BrN4O4S/c1-19-15-21(33-17-20(16-25(33)34)30-28(36)37-26-11-10-24(29)38-26)8-9-23(19)27(35)32-14-6-3-7-22(32)18-31-12-4-2-5-13-31/h8-11,15,20,22H,2-7,12-14,16-18H2,1H3,(H,30,36). The number of likely N-dealkylation sites (tertiary alicyclic amines) is 2. The Labute approximate surface area is 236 Å². The van der Waals surface area contributed by atoms with Crippen molar-refractivity contribution in [1.29, 1.82) is 0 Å². The van der Waals surface area contributed by atoms with Gasteiger partial charge in [-0.15, -0.1) is 0 Å². The van der Waals surface area contributed by atoms with Gasteiger partial charge in [0.25, 0.3) is 5.91 Å². The van der Waals surface area contributed by atoms with Gasteiger partial charge in [-0.3, -0.25) is 9.59 Å². The molecule has 3 saturated heterocycles. The second-order valence-corrected chi connectivity index (χ2v) is 12.9. The van der Waals surface area contributed by atoms with Crippen molar-refractivity contribution in [2.75, 3.05) is 37.6 Å². The number of benzene rings is 1. The molecule has 3 fully saturated rings. The highest BCUT2D eigenvalue weighted by Gasteiger charge is 2.34. The summed E-state index contributed by atoms with van der Waals surface area (Å²) in [6, 6.07) is 9.07. The van der Waals surface area contributed by atoms with Crippen LogP contribution in [-0.2, 0) is 4.79 Å². The van der Waals surface area contributed by atoms with E-state index in [-0.39, 0.29) is 30.3 Å². The molecule has 204 valence electrons. The molecule has 4 heterocycles. The Kier molecular flexibility index (Phi) is 8.70. The number of amides is 3. The summed E-state index contributed by atoms with van der Waals surface area (Å²) in [6.45, 7) is 6.33. The summed E-state index contributed by atoms with van der Waals surface area (Å²) in [4.78, 5) is 45.0. The number of carbonyl (C=O) groups is 3. The third-order valence-electron chi connectivity index (χ3n) is 7.75. The molecular weight excluding hydrogens is 568 g/mol. The zero-order valence-corrected chi connectivity index (χ0v) is 24.2. The van der Waals surface area contributed by atoms with Crippen molar-refractivity contribution < 1.29 is 19.1 Å². The maximum atomic E-state index is 13.7. The van der Waals surface area contributed by atoms with E-state index in [2.05, 4.69) is 31.0 Å². The first-order valence-corrected chi connectivity index (χ1v) is 15.2. The van der Waals surface area contributed by atoms with Gasteiger partial charge in [0.1, 0.15) is 0 Å². The molecule has 10 heteroatoms. The number of nitrogens with one attached hydrogen (secondary N) is 1. The van der Waals surface area contributed by atoms with E-state index in [1.165, 1.54) is 37.0 Å². The van der Waals surface area contributed by atoms with E-state index in [4.69, 9.17) is 4.74 Å². The van der Waals surface area contributed by atoms with Crippen LogP contribution in [0.5, 0.6) is 5.06 Å². The van der Waals surface area contributed by atoms with Crippen LogP contribution >= 0.6 is 27.3 Å². The van der Waals surface area contributed by atoms with Crippen molar-refractivity contribution in [1.82, 2.24) is 15.1 Å². The number of thiophene rings is 1. The first-order valence-electron chi connectivity index (χ1n) is 13.6. The molecule has 0 saturated carbocycles. The van der Waals surface area contributed by atoms with E-state index < -0.39 is 6.09 Å². The fourth-order valence-electron chi connectivity index (χ4n) is 5.80. The van der Waals surface area contributed by atoms with Gasteiger partial charge >= 0.3 is 6.09 Å². The van der Waals surface area contributed by atoms with Gasteiger partial charge in [-0.2, -0.15) is 0 Å². The second-order valence-electron chi connectivity index (χ2n) is 10.5. The lowest BCUT2D eigenvalue weighted by molar-refractivity contribution is -0.117. The monoisotopic (exact) mass is 602 g/mol. The van der Waals surface area contributed by atoms with Crippen molar-refractivity contribution in [2.24, 2.45) is 0 Å². The summed E-state index contributed by atoms with van der Waals surface area (Å²) in [5, 5.41) is 3.28. The number of hydrogen-bond donors (Lipinski definition) is 1. The van der Waals surface area contributed by atoms with E-state index in [1.807, 2.05) is 31.2 Å². The summed E-state index contributed by atoms with van der Waals surface area (Å²) >= 11 is 4.67. The van der Waals surface area contributed by atoms with Gasteiger partial charge < -0.3 is 24.8 Å². The minimum absolute atomic E-state index is 0.0646. The quantitative estimate of drug-likeness (QED) is 0.492. The number of ether oxygens (including phenoxy) is 1. The number of aryl methyl sites for hydroxylation is 1. The van der Waals surface area contributed by atoms with Gasteiger partial charge in [0.05, 0.1) is 9.83 Å². The van der Waals surface area contributed by atoms with Gasteiger partial charge in [0.15, 0.2) is 5.06 Å². The Morgan fingerprint density at radius 1 is 1.08 bits per heavy atom. The fourth-order valence-corrected chi connectivity index (χ4v) is 6.99. The molecule has 3 aliphatic heterocycles. The fraction of sp³-hybridized carbons (Fsp3) is 0.536. The summed E-state index contributed by atoms with van der Waals surface area (Å²) in [7, 11) is 0. The van der Waals surface area contributed by atoms with Crippen LogP contribution in [0.4, 0.5) is 10.5 Å². The van der Waals surface area contributed by atoms with Gasteiger partial charge in [-0.25, -0.2) is 4.79 Å². The summed E-state index contributed by atoms with van der Waals surface area (Å²) in [5.41, 5.74) is 2.31. The van der Waals surface area contributed by atoms with Crippen LogP contribution in [-0.4, -0.2) is 72.5 Å². The molecule has 1 aromatic carbocycles. The highest BCUT2D eigenvalue weighted by atomic mass is 79.9. The van der Waals surface area contributed by atoms with Crippen LogP contribution in [0.3, 0.4) is 0 Å². The summed E-state index contributed by atoms with van der Waals surface area (Å²) in [6.07, 6.45) is 6.71. The molecule has 0 radical (unpaired) electrons. The Hall–Kier alpha value is -2.43. The largest absolute Gasteiger partial charge is 0.413 e. The third kappa shape index (κ3) is 6.40. The smallest absolute Gasteiger partial charge is 0.399 e. The first-order chi connectivity index (χ1) is 18.4. The molecule has 8 nitrogen and oxygen atoms in total. The van der Waals surface area contributed by atoms with Crippen molar-refractivity contribution in [3.8, 4) is 5.06 Å². The van der Waals surface area contributed by atoms with Crippen LogP contribution in [0.1, 0.15) is 60.9 Å². The molecule has 0 bridgehead atoms. The second kappa shape index (κ2) is 12.2. The number of halogens is 1. The van der Waals surface area contributed by atoms with E-state index in [9.17, 15) is 14.4 Å². The molecule has 1 aromatic heterocycles. The van der Waals surface area contributed by atoms with Crippen LogP contribution in [0.25, 0.3) is 0 Å². The van der Waals surface area contributed by atoms with Gasteiger partial charge in [0, 0.05) is 43.3 Å². The number of rotatable bonds is 6. The molecule has 2 unspecified atom stereocenters.